The molecule has 1 aliphatic rings. The summed E-state index contributed by atoms with van der Waals surface area (Å²) in [6, 6.07) is 6.46. The maximum absolute atomic E-state index is 10.5. The van der Waals surface area contributed by atoms with E-state index in [1.807, 2.05) is 0 Å². The maximum Gasteiger partial charge on any atom is 0.269 e. The number of non-ortho nitro benzene ring substituents is 1. The predicted molar refractivity (Wildman–Crippen MR) is 76.5 cm³/mol. The van der Waals surface area contributed by atoms with Gasteiger partial charge in [-0.2, -0.15) is 0 Å². The lowest BCUT2D eigenvalue weighted by atomic mass is 10.2. The zero-order valence-electron chi connectivity index (χ0n) is 11.5. The summed E-state index contributed by atoms with van der Waals surface area (Å²) in [6.07, 6.45) is 2.08. The van der Waals surface area contributed by atoms with E-state index in [4.69, 9.17) is 0 Å². The van der Waals surface area contributed by atoms with Gasteiger partial charge in [0.2, 0.25) is 0 Å². The van der Waals surface area contributed by atoms with Crippen LogP contribution in [0.25, 0.3) is 0 Å². The van der Waals surface area contributed by atoms with E-state index < -0.39 is 4.92 Å². The number of nitro benzene ring substituents is 1. The number of aliphatic hydroxyl groups excluding tert-OH is 1. The van der Waals surface area contributed by atoms with E-state index in [0.29, 0.717) is 19.6 Å². The van der Waals surface area contributed by atoms with E-state index >= 15 is 0 Å². The van der Waals surface area contributed by atoms with Gasteiger partial charge in [-0.05, 0) is 31.5 Å². The number of likely N-dealkylation sites (tertiary alicyclic amines) is 1. The second-order valence-corrected chi connectivity index (χ2v) is 5.22. The molecule has 1 atom stereocenters. The Morgan fingerprint density at radius 3 is 2.55 bits per heavy atom. The molecule has 0 radical (unpaired) electrons. The Morgan fingerprint density at radius 1 is 1.30 bits per heavy atom. The number of hydrogen-bond acceptors (Lipinski definition) is 5. The van der Waals surface area contributed by atoms with Gasteiger partial charge in [0.15, 0.2) is 0 Å². The van der Waals surface area contributed by atoms with Crippen molar-refractivity contribution in [3.8, 4) is 0 Å². The monoisotopic (exact) mass is 279 g/mol. The first-order chi connectivity index (χ1) is 9.65. The third-order valence-electron chi connectivity index (χ3n) is 3.52. The van der Waals surface area contributed by atoms with Gasteiger partial charge in [0.25, 0.3) is 5.69 Å². The minimum atomic E-state index is -0.406. The fourth-order valence-corrected chi connectivity index (χ4v) is 2.45. The average Bonchev–Trinajstić information content (AvgIpc) is 2.92. The Bertz CT molecular complexity index is 430. The normalized spacial score (nSPS) is 17.2. The van der Waals surface area contributed by atoms with Gasteiger partial charge in [-0.15, -0.1) is 0 Å². The third-order valence-corrected chi connectivity index (χ3v) is 3.52. The molecule has 20 heavy (non-hydrogen) atoms. The maximum atomic E-state index is 10.5. The van der Waals surface area contributed by atoms with Gasteiger partial charge in [0, 0.05) is 31.8 Å². The first kappa shape index (κ1) is 14.9. The number of nitro groups is 1. The topological polar surface area (TPSA) is 78.6 Å². The Balaban J connectivity index is 1.68. The fraction of sp³-hybridized carbons (Fsp3) is 0.571. The van der Waals surface area contributed by atoms with Crippen molar-refractivity contribution in [1.82, 2.24) is 10.2 Å². The summed E-state index contributed by atoms with van der Waals surface area (Å²) in [5, 5.41) is 23.6. The molecule has 2 rings (SSSR count). The van der Waals surface area contributed by atoms with Crippen molar-refractivity contribution in [3.63, 3.8) is 0 Å². The number of rotatable bonds is 7. The highest BCUT2D eigenvalue weighted by atomic mass is 16.6. The minimum absolute atomic E-state index is 0.0998. The average molecular weight is 279 g/mol. The van der Waals surface area contributed by atoms with Crippen LogP contribution in [0, 0.1) is 10.1 Å². The Kier molecular flexibility index (Phi) is 5.46. The van der Waals surface area contributed by atoms with Crippen LogP contribution in [0.1, 0.15) is 18.4 Å². The molecule has 2 N–H and O–H groups in total. The van der Waals surface area contributed by atoms with Crippen LogP contribution in [0.15, 0.2) is 24.3 Å². The summed E-state index contributed by atoms with van der Waals surface area (Å²) >= 11 is 0. The molecule has 1 fully saturated rings. The van der Waals surface area contributed by atoms with E-state index in [1.165, 1.54) is 25.0 Å². The molecular weight excluding hydrogens is 258 g/mol. The molecule has 6 nitrogen and oxygen atoms in total. The largest absolute Gasteiger partial charge is 0.390 e. The number of hydrogen-bond donors (Lipinski definition) is 2. The fourth-order valence-electron chi connectivity index (χ4n) is 2.45. The van der Waals surface area contributed by atoms with Gasteiger partial charge >= 0.3 is 0 Å². The number of nitrogens with one attached hydrogen (secondary N) is 1. The van der Waals surface area contributed by atoms with Crippen molar-refractivity contribution < 1.29 is 10.0 Å². The van der Waals surface area contributed by atoms with Crippen LogP contribution >= 0.6 is 0 Å². The van der Waals surface area contributed by atoms with Crippen molar-refractivity contribution in [3.05, 3.63) is 39.9 Å². The van der Waals surface area contributed by atoms with Gasteiger partial charge < -0.3 is 15.3 Å². The van der Waals surface area contributed by atoms with E-state index in [0.717, 1.165) is 18.7 Å². The smallest absolute Gasteiger partial charge is 0.269 e. The molecule has 1 aliphatic heterocycles. The standard InChI is InChI=1S/C14H21N3O3/c18-14(11-16-7-1-2-8-16)10-15-9-12-3-5-13(6-4-12)17(19)20/h3-6,14-15,18H,1-2,7-11H2. The molecule has 0 spiro atoms. The highest BCUT2D eigenvalue weighted by molar-refractivity contribution is 5.32. The van der Waals surface area contributed by atoms with Crippen molar-refractivity contribution in [1.29, 1.82) is 0 Å². The second kappa shape index (κ2) is 7.33. The van der Waals surface area contributed by atoms with Crippen molar-refractivity contribution >= 4 is 5.69 Å². The summed E-state index contributed by atoms with van der Waals surface area (Å²) in [7, 11) is 0. The van der Waals surface area contributed by atoms with Crippen molar-refractivity contribution in [2.24, 2.45) is 0 Å². The molecule has 1 aromatic carbocycles. The first-order valence-corrected chi connectivity index (χ1v) is 6.99. The van der Waals surface area contributed by atoms with Gasteiger partial charge in [-0.1, -0.05) is 12.1 Å². The van der Waals surface area contributed by atoms with Crippen LogP contribution in [0.2, 0.25) is 0 Å². The quantitative estimate of drug-likeness (QED) is 0.578. The van der Waals surface area contributed by atoms with Gasteiger partial charge in [-0.25, -0.2) is 0 Å². The molecule has 6 heteroatoms. The first-order valence-electron chi connectivity index (χ1n) is 6.99. The summed E-state index contributed by atoms with van der Waals surface area (Å²) < 4.78 is 0. The van der Waals surface area contributed by atoms with Gasteiger partial charge in [0.05, 0.1) is 11.0 Å². The Morgan fingerprint density at radius 2 is 1.95 bits per heavy atom. The molecule has 1 aromatic rings. The Labute approximate surface area is 118 Å². The molecule has 1 unspecified atom stereocenters. The number of nitrogens with zero attached hydrogens (tertiary/aromatic N) is 2. The van der Waals surface area contributed by atoms with Crippen LogP contribution in [0.4, 0.5) is 5.69 Å². The third kappa shape index (κ3) is 4.56. The van der Waals surface area contributed by atoms with Gasteiger partial charge in [-0.3, -0.25) is 10.1 Å². The van der Waals surface area contributed by atoms with Crippen molar-refractivity contribution in [2.75, 3.05) is 26.2 Å². The molecular formula is C14H21N3O3. The zero-order chi connectivity index (χ0) is 14.4. The highest BCUT2D eigenvalue weighted by Gasteiger charge is 2.15. The minimum Gasteiger partial charge on any atom is -0.390 e. The van der Waals surface area contributed by atoms with Crippen LogP contribution in [0.5, 0.6) is 0 Å². The summed E-state index contributed by atoms with van der Waals surface area (Å²) in [6.45, 7) is 4.02. The van der Waals surface area contributed by atoms with E-state index in [-0.39, 0.29) is 11.8 Å². The van der Waals surface area contributed by atoms with Crippen LogP contribution in [-0.4, -0.2) is 47.2 Å². The molecule has 1 saturated heterocycles. The molecule has 0 aromatic heterocycles. The lowest BCUT2D eigenvalue weighted by Gasteiger charge is -2.19. The number of aliphatic hydroxyl groups is 1. The molecule has 110 valence electrons. The summed E-state index contributed by atoms with van der Waals surface area (Å²) in [5.74, 6) is 0. The SMILES string of the molecule is O=[N+]([O-])c1ccc(CNCC(O)CN2CCCC2)cc1. The van der Waals surface area contributed by atoms with Crippen LogP contribution in [-0.2, 0) is 6.54 Å². The van der Waals surface area contributed by atoms with Crippen LogP contribution < -0.4 is 5.32 Å². The van der Waals surface area contributed by atoms with Crippen molar-refractivity contribution in [2.45, 2.75) is 25.5 Å². The zero-order valence-corrected chi connectivity index (χ0v) is 11.5. The molecule has 0 aliphatic carbocycles. The van der Waals surface area contributed by atoms with Crippen LogP contribution in [0.3, 0.4) is 0 Å². The highest BCUT2D eigenvalue weighted by Crippen LogP contribution is 2.11. The second-order valence-electron chi connectivity index (χ2n) is 5.22. The summed E-state index contributed by atoms with van der Waals surface area (Å²) in [4.78, 5) is 12.4. The van der Waals surface area contributed by atoms with E-state index in [9.17, 15) is 15.2 Å². The summed E-state index contributed by atoms with van der Waals surface area (Å²) in [5.41, 5.74) is 1.08. The van der Waals surface area contributed by atoms with Gasteiger partial charge in [0.1, 0.15) is 0 Å². The predicted octanol–water partition coefficient (Wildman–Crippen LogP) is 1.14. The van der Waals surface area contributed by atoms with E-state index in [1.54, 1.807) is 12.1 Å². The lowest BCUT2D eigenvalue weighted by molar-refractivity contribution is -0.384. The number of β-amino-alcohol motifs (C(OH)–C–C–N with tert-alkyl or cyclic N) is 1. The Hall–Kier alpha value is -1.50. The molecule has 0 amide bonds. The number of benzene rings is 1. The molecule has 0 bridgehead atoms. The molecule has 1 heterocycles. The van der Waals surface area contributed by atoms with E-state index in [2.05, 4.69) is 10.2 Å². The lowest BCUT2D eigenvalue weighted by Crippen LogP contribution is -2.36. The molecule has 0 saturated carbocycles.